The minimum absolute atomic E-state index is 0.170. The smallest absolute Gasteiger partial charge is 0.254 e. The van der Waals surface area contributed by atoms with Crippen molar-refractivity contribution in [2.24, 2.45) is 11.3 Å². The van der Waals surface area contributed by atoms with Crippen LogP contribution >= 0.6 is 0 Å². The highest BCUT2D eigenvalue weighted by Gasteiger charge is 2.38. The average Bonchev–Trinajstić information content (AvgIpc) is 2.95. The molecule has 3 rings (SSSR count). The third-order valence-corrected chi connectivity index (χ3v) is 5.40. The topological polar surface area (TPSA) is 58.4 Å². The number of amides is 1. The third-order valence-electron chi connectivity index (χ3n) is 5.40. The lowest BCUT2D eigenvalue weighted by Crippen LogP contribution is -2.42. The van der Waals surface area contributed by atoms with Crippen molar-refractivity contribution >= 4 is 11.6 Å². The van der Waals surface area contributed by atoms with Crippen molar-refractivity contribution < 1.29 is 4.79 Å². The van der Waals surface area contributed by atoms with Gasteiger partial charge in [-0.15, -0.1) is 0 Å². The standard InChI is InChI=1S/C17H25N3O/c1-13-12-14(19-18)4-5-15(13)16(21)20-10-8-17(9-11-20)6-2-3-7-17/h4-5,12,19H,2-3,6-11,18H2,1H3. The van der Waals surface area contributed by atoms with Crippen molar-refractivity contribution in [2.45, 2.75) is 45.4 Å². The summed E-state index contributed by atoms with van der Waals surface area (Å²) in [5.74, 6) is 5.58. The molecule has 1 saturated carbocycles. The van der Waals surface area contributed by atoms with E-state index in [0.717, 1.165) is 29.9 Å². The number of anilines is 1. The van der Waals surface area contributed by atoms with Crippen molar-refractivity contribution in [2.75, 3.05) is 18.5 Å². The van der Waals surface area contributed by atoms with Crippen LogP contribution in [0.25, 0.3) is 0 Å². The highest BCUT2D eigenvalue weighted by Crippen LogP contribution is 2.46. The summed E-state index contributed by atoms with van der Waals surface area (Å²) in [7, 11) is 0. The van der Waals surface area contributed by atoms with E-state index in [0.29, 0.717) is 5.41 Å². The van der Waals surface area contributed by atoms with E-state index in [1.165, 1.54) is 38.5 Å². The van der Waals surface area contributed by atoms with E-state index >= 15 is 0 Å². The summed E-state index contributed by atoms with van der Waals surface area (Å²) in [6.45, 7) is 3.79. The van der Waals surface area contributed by atoms with E-state index in [2.05, 4.69) is 5.43 Å². The summed E-state index contributed by atoms with van der Waals surface area (Å²) in [5, 5.41) is 0. The molecule has 1 aromatic carbocycles. The first kappa shape index (κ1) is 14.4. The van der Waals surface area contributed by atoms with Gasteiger partial charge in [-0.2, -0.15) is 0 Å². The van der Waals surface area contributed by atoms with Crippen LogP contribution in [0, 0.1) is 12.3 Å². The van der Waals surface area contributed by atoms with Crippen molar-refractivity contribution in [3.8, 4) is 0 Å². The molecule has 0 aromatic heterocycles. The van der Waals surface area contributed by atoms with Crippen LogP contribution in [0.5, 0.6) is 0 Å². The Labute approximate surface area is 126 Å². The first-order chi connectivity index (χ1) is 10.1. The Hall–Kier alpha value is -1.55. The molecule has 1 aliphatic carbocycles. The van der Waals surface area contributed by atoms with Gasteiger partial charge in [-0.3, -0.25) is 10.6 Å². The molecule has 1 amide bonds. The maximum absolute atomic E-state index is 12.7. The zero-order valence-corrected chi connectivity index (χ0v) is 12.8. The highest BCUT2D eigenvalue weighted by atomic mass is 16.2. The molecule has 1 spiro atoms. The van der Waals surface area contributed by atoms with Gasteiger partial charge >= 0.3 is 0 Å². The number of carbonyl (C=O) groups excluding carboxylic acids is 1. The lowest BCUT2D eigenvalue weighted by atomic mass is 9.77. The van der Waals surface area contributed by atoms with Crippen molar-refractivity contribution in [3.05, 3.63) is 29.3 Å². The molecule has 0 atom stereocenters. The molecule has 21 heavy (non-hydrogen) atoms. The van der Waals surface area contributed by atoms with Crippen molar-refractivity contribution in [3.63, 3.8) is 0 Å². The summed E-state index contributed by atoms with van der Waals surface area (Å²) in [6.07, 6.45) is 7.84. The van der Waals surface area contributed by atoms with Crippen LogP contribution in [0.1, 0.15) is 54.4 Å². The number of nitrogens with two attached hydrogens (primary N) is 1. The average molecular weight is 287 g/mol. The van der Waals surface area contributed by atoms with Crippen LogP contribution in [-0.4, -0.2) is 23.9 Å². The van der Waals surface area contributed by atoms with E-state index < -0.39 is 0 Å². The first-order valence-electron chi connectivity index (χ1n) is 8.00. The summed E-state index contributed by atoms with van der Waals surface area (Å²) >= 11 is 0. The molecule has 0 unspecified atom stereocenters. The Bertz CT molecular complexity index is 525. The number of nitrogens with one attached hydrogen (secondary N) is 1. The van der Waals surface area contributed by atoms with Gasteiger partial charge in [0.1, 0.15) is 0 Å². The molecule has 1 aliphatic heterocycles. The fourth-order valence-electron chi connectivity index (χ4n) is 3.97. The number of benzene rings is 1. The third kappa shape index (κ3) is 2.77. The Morgan fingerprint density at radius 1 is 1.19 bits per heavy atom. The number of likely N-dealkylation sites (tertiary alicyclic amines) is 1. The monoisotopic (exact) mass is 287 g/mol. The number of nitrogens with zero attached hydrogens (tertiary/aromatic N) is 1. The summed E-state index contributed by atoms with van der Waals surface area (Å²) < 4.78 is 0. The van der Waals surface area contributed by atoms with Gasteiger partial charge in [0.15, 0.2) is 0 Å². The van der Waals surface area contributed by atoms with Crippen LogP contribution in [-0.2, 0) is 0 Å². The molecule has 1 heterocycles. The Balaban J connectivity index is 1.69. The SMILES string of the molecule is Cc1cc(NN)ccc1C(=O)N1CCC2(CCCC2)CC1. The number of rotatable bonds is 2. The Morgan fingerprint density at radius 3 is 2.43 bits per heavy atom. The number of aryl methyl sites for hydroxylation is 1. The molecule has 114 valence electrons. The minimum atomic E-state index is 0.170. The van der Waals surface area contributed by atoms with Gasteiger partial charge in [-0.05, 0) is 61.8 Å². The zero-order chi connectivity index (χ0) is 14.9. The minimum Gasteiger partial charge on any atom is -0.339 e. The highest BCUT2D eigenvalue weighted by molar-refractivity contribution is 5.96. The molecule has 4 nitrogen and oxygen atoms in total. The zero-order valence-electron chi connectivity index (χ0n) is 12.8. The van der Waals surface area contributed by atoms with E-state index in [1.54, 1.807) is 0 Å². The van der Waals surface area contributed by atoms with E-state index in [9.17, 15) is 4.79 Å². The van der Waals surface area contributed by atoms with Gasteiger partial charge in [0.25, 0.3) is 5.91 Å². The van der Waals surface area contributed by atoms with Gasteiger partial charge in [0.05, 0.1) is 0 Å². The lowest BCUT2D eigenvalue weighted by molar-refractivity contribution is 0.0587. The number of hydrazine groups is 1. The lowest BCUT2D eigenvalue weighted by Gasteiger charge is -2.39. The predicted molar refractivity (Wildman–Crippen MR) is 85.0 cm³/mol. The molecule has 4 heteroatoms. The molecule has 0 radical (unpaired) electrons. The van der Waals surface area contributed by atoms with Crippen LogP contribution in [0.2, 0.25) is 0 Å². The van der Waals surface area contributed by atoms with Crippen molar-refractivity contribution in [1.29, 1.82) is 0 Å². The molecular formula is C17H25N3O. The second kappa shape index (κ2) is 5.68. The Morgan fingerprint density at radius 2 is 1.86 bits per heavy atom. The number of nitrogen functional groups attached to an aromatic ring is 1. The fraction of sp³-hybridized carbons (Fsp3) is 0.588. The van der Waals surface area contributed by atoms with E-state index in [1.807, 2.05) is 30.0 Å². The van der Waals surface area contributed by atoms with E-state index in [-0.39, 0.29) is 5.91 Å². The van der Waals surface area contributed by atoms with Crippen molar-refractivity contribution in [1.82, 2.24) is 4.90 Å². The number of hydrogen-bond acceptors (Lipinski definition) is 3. The van der Waals surface area contributed by atoms with Crippen LogP contribution in [0.3, 0.4) is 0 Å². The maximum Gasteiger partial charge on any atom is 0.254 e. The van der Waals surface area contributed by atoms with Crippen LogP contribution in [0.4, 0.5) is 5.69 Å². The largest absolute Gasteiger partial charge is 0.339 e. The maximum atomic E-state index is 12.7. The number of hydrogen-bond donors (Lipinski definition) is 2. The summed E-state index contributed by atoms with van der Waals surface area (Å²) in [6, 6.07) is 5.67. The number of carbonyl (C=O) groups is 1. The Kier molecular flexibility index (Phi) is 3.89. The van der Waals surface area contributed by atoms with Crippen LogP contribution < -0.4 is 11.3 Å². The van der Waals surface area contributed by atoms with Gasteiger partial charge in [-0.1, -0.05) is 12.8 Å². The second-order valence-electron chi connectivity index (χ2n) is 6.67. The van der Waals surface area contributed by atoms with E-state index in [4.69, 9.17) is 5.84 Å². The van der Waals surface area contributed by atoms with Gasteiger partial charge < -0.3 is 10.3 Å². The first-order valence-corrected chi connectivity index (χ1v) is 8.00. The second-order valence-corrected chi connectivity index (χ2v) is 6.67. The van der Waals surface area contributed by atoms with Gasteiger partial charge in [-0.25, -0.2) is 0 Å². The quantitative estimate of drug-likeness (QED) is 0.649. The molecule has 1 aromatic rings. The molecule has 2 fully saturated rings. The normalized spacial score (nSPS) is 20.8. The van der Waals surface area contributed by atoms with Gasteiger partial charge in [0.2, 0.25) is 0 Å². The molecule has 3 N–H and O–H groups in total. The van der Waals surface area contributed by atoms with Crippen LogP contribution in [0.15, 0.2) is 18.2 Å². The summed E-state index contributed by atoms with van der Waals surface area (Å²) in [4.78, 5) is 14.7. The predicted octanol–water partition coefficient (Wildman–Crippen LogP) is 3.08. The molecule has 0 bridgehead atoms. The molecule has 2 aliphatic rings. The molecular weight excluding hydrogens is 262 g/mol. The summed E-state index contributed by atoms with van der Waals surface area (Å²) in [5.41, 5.74) is 5.80. The van der Waals surface area contributed by atoms with Gasteiger partial charge in [0, 0.05) is 24.3 Å². The fourth-order valence-corrected chi connectivity index (χ4v) is 3.97. The molecule has 1 saturated heterocycles. The number of piperidine rings is 1.